The minimum absolute atomic E-state index is 0.0789. The molecule has 0 aliphatic heterocycles. The number of hydrogen-bond donors (Lipinski definition) is 2. The molecule has 0 unspecified atom stereocenters. The summed E-state index contributed by atoms with van der Waals surface area (Å²) in [6.45, 7) is 1.05. The SMILES string of the molecule is C[C@@H](OC(=O)CNC(=O)c1cc(Cl)ccn1)C(=O)Nc1ccccc1. The predicted octanol–water partition coefficient (Wildman–Crippen LogP) is 2.04. The van der Waals surface area contributed by atoms with Crippen LogP contribution in [0, 0.1) is 0 Å². The minimum Gasteiger partial charge on any atom is -0.451 e. The monoisotopic (exact) mass is 361 g/mol. The second-order valence-corrected chi connectivity index (χ2v) is 5.47. The molecular formula is C17H16ClN3O4. The fraction of sp³-hybridized carbons (Fsp3) is 0.176. The van der Waals surface area contributed by atoms with Gasteiger partial charge in [-0.25, -0.2) is 0 Å². The van der Waals surface area contributed by atoms with E-state index in [0.717, 1.165) is 0 Å². The van der Waals surface area contributed by atoms with Gasteiger partial charge in [0.05, 0.1) is 0 Å². The molecule has 0 radical (unpaired) electrons. The number of aromatic nitrogens is 1. The van der Waals surface area contributed by atoms with E-state index in [-0.39, 0.29) is 5.69 Å². The molecule has 25 heavy (non-hydrogen) atoms. The Morgan fingerprint density at radius 3 is 2.60 bits per heavy atom. The molecule has 0 aliphatic carbocycles. The Kier molecular flexibility index (Phi) is 6.47. The van der Waals surface area contributed by atoms with Gasteiger partial charge in [0.25, 0.3) is 11.8 Å². The smallest absolute Gasteiger partial charge is 0.326 e. The Labute approximate surface area is 149 Å². The van der Waals surface area contributed by atoms with Gasteiger partial charge >= 0.3 is 5.97 Å². The van der Waals surface area contributed by atoms with Crippen LogP contribution in [0.5, 0.6) is 0 Å². The summed E-state index contributed by atoms with van der Waals surface area (Å²) >= 11 is 5.77. The number of carbonyl (C=O) groups excluding carboxylic acids is 3. The molecule has 2 amide bonds. The first-order valence-corrected chi connectivity index (χ1v) is 7.78. The lowest BCUT2D eigenvalue weighted by Gasteiger charge is -2.13. The topological polar surface area (TPSA) is 97.4 Å². The molecule has 1 aromatic heterocycles. The van der Waals surface area contributed by atoms with Crippen LogP contribution >= 0.6 is 11.6 Å². The normalized spacial score (nSPS) is 11.3. The molecule has 1 atom stereocenters. The third-order valence-corrected chi connectivity index (χ3v) is 3.30. The number of ether oxygens (including phenoxy) is 1. The molecule has 1 heterocycles. The lowest BCUT2D eigenvalue weighted by molar-refractivity contribution is -0.152. The molecule has 2 rings (SSSR count). The van der Waals surface area contributed by atoms with Crippen molar-refractivity contribution >= 4 is 35.1 Å². The maximum absolute atomic E-state index is 11.9. The Hall–Kier alpha value is -2.93. The van der Waals surface area contributed by atoms with Gasteiger partial charge in [0.15, 0.2) is 6.10 Å². The summed E-state index contributed by atoms with van der Waals surface area (Å²) in [5.41, 5.74) is 0.672. The van der Waals surface area contributed by atoms with E-state index in [1.54, 1.807) is 24.3 Å². The van der Waals surface area contributed by atoms with Gasteiger partial charge in [0.2, 0.25) is 0 Å². The van der Waals surface area contributed by atoms with Crippen molar-refractivity contribution in [1.82, 2.24) is 10.3 Å². The molecule has 8 heteroatoms. The largest absolute Gasteiger partial charge is 0.451 e. The van der Waals surface area contributed by atoms with E-state index >= 15 is 0 Å². The average molecular weight is 362 g/mol. The fourth-order valence-corrected chi connectivity index (χ4v) is 1.99. The van der Waals surface area contributed by atoms with Crippen LogP contribution in [0.1, 0.15) is 17.4 Å². The Morgan fingerprint density at radius 2 is 1.92 bits per heavy atom. The third-order valence-electron chi connectivity index (χ3n) is 3.07. The van der Waals surface area contributed by atoms with Gasteiger partial charge in [0, 0.05) is 16.9 Å². The van der Waals surface area contributed by atoms with E-state index in [1.165, 1.54) is 25.3 Å². The minimum atomic E-state index is -1.01. The van der Waals surface area contributed by atoms with Crippen molar-refractivity contribution in [3.63, 3.8) is 0 Å². The Morgan fingerprint density at radius 1 is 1.20 bits per heavy atom. The highest BCUT2D eigenvalue weighted by atomic mass is 35.5. The molecule has 2 N–H and O–H groups in total. The van der Waals surface area contributed by atoms with Gasteiger partial charge in [-0.1, -0.05) is 29.8 Å². The summed E-state index contributed by atoms with van der Waals surface area (Å²) in [5.74, 6) is -1.78. The highest BCUT2D eigenvalue weighted by Crippen LogP contribution is 2.08. The lowest BCUT2D eigenvalue weighted by Crippen LogP contribution is -2.36. The lowest BCUT2D eigenvalue weighted by atomic mass is 10.3. The molecule has 0 saturated carbocycles. The molecule has 0 bridgehead atoms. The summed E-state index contributed by atoms with van der Waals surface area (Å²) in [6.07, 6.45) is 0.375. The summed E-state index contributed by atoms with van der Waals surface area (Å²) in [5, 5.41) is 5.32. The number of esters is 1. The highest BCUT2D eigenvalue weighted by Gasteiger charge is 2.18. The van der Waals surface area contributed by atoms with Crippen LogP contribution in [0.2, 0.25) is 5.02 Å². The van der Waals surface area contributed by atoms with E-state index in [0.29, 0.717) is 10.7 Å². The van der Waals surface area contributed by atoms with Gasteiger partial charge < -0.3 is 15.4 Å². The maximum atomic E-state index is 11.9. The van der Waals surface area contributed by atoms with Crippen molar-refractivity contribution in [3.05, 3.63) is 59.4 Å². The zero-order chi connectivity index (χ0) is 18.2. The van der Waals surface area contributed by atoms with Crippen LogP contribution in [-0.4, -0.2) is 35.4 Å². The van der Waals surface area contributed by atoms with Crippen LogP contribution in [0.25, 0.3) is 0 Å². The van der Waals surface area contributed by atoms with E-state index in [9.17, 15) is 14.4 Å². The molecule has 2 aromatic rings. The zero-order valence-electron chi connectivity index (χ0n) is 13.4. The van der Waals surface area contributed by atoms with Crippen LogP contribution in [0.3, 0.4) is 0 Å². The molecule has 1 aromatic carbocycles. The van der Waals surface area contributed by atoms with Gasteiger partial charge in [0.1, 0.15) is 12.2 Å². The first kappa shape index (κ1) is 18.4. The van der Waals surface area contributed by atoms with Gasteiger partial charge in [-0.3, -0.25) is 19.4 Å². The summed E-state index contributed by atoms with van der Waals surface area (Å²) < 4.78 is 4.98. The van der Waals surface area contributed by atoms with Crippen LogP contribution in [0.15, 0.2) is 48.7 Å². The summed E-state index contributed by atoms with van der Waals surface area (Å²) in [4.78, 5) is 39.4. The number of nitrogens with zero attached hydrogens (tertiary/aromatic N) is 1. The molecular weight excluding hydrogens is 346 g/mol. The third kappa shape index (κ3) is 5.89. The Balaban J connectivity index is 1.79. The molecule has 7 nitrogen and oxygen atoms in total. The van der Waals surface area contributed by atoms with Crippen molar-refractivity contribution in [2.24, 2.45) is 0 Å². The second kappa shape index (κ2) is 8.79. The number of nitrogens with one attached hydrogen (secondary N) is 2. The Bertz CT molecular complexity index is 767. The summed E-state index contributed by atoms with van der Waals surface area (Å²) in [7, 11) is 0. The molecule has 0 spiro atoms. The zero-order valence-corrected chi connectivity index (χ0v) is 14.1. The number of halogens is 1. The number of benzene rings is 1. The number of pyridine rings is 1. The van der Waals surface area contributed by atoms with E-state index in [2.05, 4.69) is 15.6 Å². The van der Waals surface area contributed by atoms with Gasteiger partial charge in [-0.15, -0.1) is 0 Å². The predicted molar refractivity (Wildman–Crippen MR) is 92.2 cm³/mol. The average Bonchev–Trinajstić information content (AvgIpc) is 2.60. The number of para-hydroxylation sites is 1. The van der Waals surface area contributed by atoms with E-state index in [4.69, 9.17) is 16.3 Å². The van der Waals surface area contributed by atoms with E-state index in [1.807, 2.05) is 6.07 Å². The number of amides is 2. The van der Waals surface area contributed by atoms with E-state index < -0.39 is 30.4 Å². The standard InChI is InChI=1S/C17H16ClN3O4/c1-11(16(23)21-13-5-3-2-4-6-13)25-15(22)10-20-17(24)14-9-12(18)7-8-19-14/h2-9,11H,10H2,1H3,(H,20,24)(H,21,23)/t11-/m1/s1. The number of rotatable bonds is 6. The van der Waals surface area contributed by atoms with Crippen LogP contribution in [-0.2, 0) is 14.3 Å². The maximum Gasteiger partial charge on any atom is 0.326 e. The van der Waals surface area contributed by atoms with Crippen molar-refractivity contribution < 1.29 is 19.1 Å². The van der Waals surface area contributed by atoms with Crippen molar-refractivity contribution in [2.75, 3.05) is 11.9 Å². The number of anilines is 1. The first-order valence-electron chi connectivity index (χ1n) is 7.41. The van der Waals surface area contributed by atoms with Crippen LogP contribution < -0.4 is 10.6 Å². The van der Waals surface area contributed by atoms with Gasteiger partial charge in [-0.2, -0.15) is 0 Å². The molecule has 0 saturated heterocycles. The highest BCUT2D eigenvalue weighted by molar-refractivity contribution is 6.30. The second-order valence-electron chi connectivity index (χ2n) is 5.03. The van der Waals surface area contributed by atoms with Crippen molar-refractivity contribution in [1.29, 1.82) is 0 Å². The number of carbonyl (C=O) groups is 3. The first-order chi connectivity index (χ1) is 12.0. The quantitative estimate of drug-likeness (QED) is 0.767. The molecule has 0 aliphatic rings. The molecule has 0 fully saturated rings. The molecule has 130 valence electrons. The van der Waals surface area contributed by atoms with Gasteiger partial charge in [-0.05, 0) is 31.2 Å². The fourth-order valence-electron chi connectivity index (χ4n) is 1.83. The summed E-state index contributed by atoms with van der Waals surface area (Å²) in [6, 6.07) is 11.7. The number of hydrogen-bond acceptors (Lipinski definition) is 5. The van der Waals surface area contributed by atoms with Crippen molar-refractivity contribution in [2.45, 2.75) is 13.0 Å². The van der Waals surface area contributed by atoms with Crippen molar-refractivity contribution in [3.8, 4) is 0 Å². The van der Waals surface area contributed by atoms with Crippen LogP contribution in [0.4, 0.5) is 5.69 Å².